The number of rotatable bonds is 12. The van der Waals surface area contributed by atoms with E-state index in [1.165, 1.54) is 0 Å². The molecule has 0 saturated heterocycles. The quantitative estimate of drug-likeness (QED) is 0.122. The number of hydrogen-bond donors (Lipinski definition) is 4. The molecule has 0 amide bonds. The maximum absolute atomic E-state index is 12.3. The molecule has 0 heterocycles. The molecular formula is C40H54O8S. The topological polar surface area (TPSA) is 141 Å². The fourth-order valence-electron chi connectivity index (χ4n) is 5.94. The summed E-state index contributed by atoms with van der Waals surface area (Å²) in [5, 5.41) is 31.2. The Labute approximate surface area is 293 Å². The third-order valence-electron chi connectivity index (χ3n) is 9.06. The maximum atomic E-state index is 12.3. The molecule has 2 rings (SSSR count). The van der Waals surface area contributed by atoms with Gasteiger partial charge in [-0.3, -0.25) is 9.35 Å². The molecule has 0 fully saturated rings. The Kier molecular flexibility index (Phi) is 14.9. The molecule has 4 unspecified atom stereocenters. The number of allylic oxidation sites excluding steroid dienone is 18. The van der Waals surface area contributed by atoms with Gasteiger partial charge in [0.1, 0.15) is 12.2 Å². The first-order valence-electron chi connectivity index (χ1n) is 16.3. The average Bonchev–Trinajstić information content (AvgIpc) is 2.99. The van der Waals surface area contributed by atoms with Crippen LogP contribution in [0.1, 0.15) is 75.7 Å². The van der Waals surface area contributed by atoms with Crippen molar-refractivity contribution in [3.63, 3.8) is 0 Å². The summed E-state index contributed by atoms with van der Waals surface area (Å²) >= 11 is 0. The highest BCUT2D eigenvalue weighted by Gasteiger charge is 2.45. The first-order chi connectivity index (χ1) is 22.6. The van der Waals surface area contributed by atoms with Gasteiger partial charge < -0.3 is 15.3 Å². The van der Waals surface area contributed by atoms with Gasteiger partial charge in [0.2, 0.25) is 0 Å². The molecule has 0 saturated carbocycles. The van der Waals surface area contributed by atoms with E-state index in [0.29, 0.717) is 5.57 Å². The predicted octanol–water partition coefficient (Wildman–Crippen LogP) is 7.50. The second-order valence-corrected chi connectivity index (χ2v) is 15.1. The predicted molar refractivity (Wildman–Crippen MR) is 198 cm³/mol. The zero-order chi connectivity index (χ0) is 37.3. The Morgan fingerprint density at radius 1 is 0.694 bits per heavy atom. The second kappa shape index (κ2) is 17.5. The number of ketones is 1. The van der Waals surface area contributed by atoms with E-state index < -0.39 is 51.4 Å². The Bertz CT molecular complexity index is 1700. The number of Topliss-reactive ketones (excluding diaryl/α,β-unsaturated/α-hetero) is 1. The fourth-order valence-corrected chi connectivity index (χ4v) is 6.43. The average molecular weight is 695 g/mol. The van der Waals surface area contributed by atoms with Gasteiger partial charge in [0.15, 0.2) is 5.78 Å². The number of carbonyl (C=O) groups excluding carboxylic acids is 1. The normalized spacial score (nSPS) is 26.6. The minimum Gasteiger partial charge on any atom is -0.389 e. The molecule has 2 aliphatic carbocycles. The molecule has 0 aromatic heterocycles. The molecule has 0 aromatic rings. The first kappa shape index (κ1) is 41.7. The number of carbonyl (C=O) groups is 1. The molecule has 0 bridgehead atoms. The third-order valence-corrected chi connectivity index (χ3v) is 9.55. The highest BCUT2D eigenvalue weighted by molar-refractivity contribution is 7.80. The number of aliphatic hydroxyl groups is 3. The van der Waals surface area contributed by atoms with Gasteiger partial charge >= 0.3 is 10.4 Å². The lowest BCUT2D eigenvalue weighted by atomic mass is 9.69. The van der Waals surface area contributed by atoms with Crippen molar-refractivity contribution in [1.82, 2.24) is 0 Å². The highest BCUT2D eigenvalue weighted by atomic mass is 32.3. The molecule has 0 spiro atoms. The van der Waals surface area contributed by atoms with Crippen LogP contribution in [0.4, 0.5) is 0 Å². The summed E-state index contributed by atoms with van der Waals surface area (Å²) in [6.07, 6.45) is 22.9. The molecule has 8 nitrogen and oxygen atoms in total. The summed E-state index contributed by atoms with van der Waals surface area (Å²) in [7, 11) is -4.67. The van der Waals surface area contributed by atoms with E-state index in [2.05, 4.69) is 0 Å². The largest absolute Gasteiger partial charge is 0.397 e. The van der Waals surface area contributed by atoms with Crippen LogP contribution in [0, 0.1) is 10.8 Å². The second-order valence-electron chi connectivity index (χ2n) is 14.1. The van der Waals surface area contributed by atoms with E-state index in [-0.39, 0.29) is 6.42 Å². The minimum atomic E-state index is -4.67. The van der Waals surface area contributed by atoms with E-state index >= 15 is 0 Å². The standard InChI is InChI=1S/C40H54O8S/c1-26(17-13-19-28(3)21-23-32-30(5)25-34(48-49(45,46)47)37(43)39(32,7)8)15-11-12-16-27(2)18-14-20-29(4)22-24-33-31(6)35(41)36(42)38(44)40(33,9)10/h11-24,34,36-38,42-44H,25H2,1-10H3,(H,45,46,47). The van der Waals surface area contributed by atoms with Crippen LogP contribution in [0.25, 0.3) is 0 Å². The lowest BCUT2D eigenvalue weighted by molar-refractivity contribution is -0.135. The van der Waals surface area contributed by atoms with E-state index in [0.717, 1.165) is 39.0 Å². The van der Waals surface area contributed by atoms with Gasteiger partial charge in [-0.25, -0.2) is 4.18 Å². The van der Waals surface area contributed by atoms with Gasteiger partial charge in [-0.1, -0.05) is 141 Å². The number of hydrogen-bond acceptors (Lipinski definition) is 7. The van der Waals surface area contributed by atoms with Crippen molar-refractivity contribution in [1.29, 1.82) is 0 Å². The zero-order valence-corrected chi connectivity index (χ0v) is 31.2. The lowest BCUT2D eigenvalue weighted by Gasteiger charge is -2.41. The molecule has 9 heteroatoms. The Balaban J connectivity index is 1.99. The molecule has 4 N–H and O–H groups in total. The Morgan fingerprint density at radius 3 is 1.57 bits per heavy atom. The summed E-state index contributed by atoms with van der Waals surface area (Å²) in [5.74, 6) is -0.439. The molecule has 2 aliphatic rings. The van der Waals surface area contributed by atoms with Crippen LogP contribution in [0.15, 0.2) is 130 Å². The summed E-state index contributed by atoms with van der Waals surface area (Å²) in [4.78, 5) is 12.3. The molecule has 0 aliphatic heterocycles. The third kappa shape index (κ3) is 11.8. The van der Waals surface area contributed by atoms with Crippen molar-refractivity contribution in [2.45, 2.75) is 100 Å². The SMILES string of the molecule is CC(C=CC=C(C)C=CC1=C(C)CC(OS(=O)(=O)O)C(O)C1(C)C)=CC=CC=C(C)C=CC=C(C)C=CC1=C(C)C(=O)C(O)C(O)C1(C)C. The van der Waals surface area contributed by atoms with Crippen LogP contribution >= 0.6 is 0 Å². The minimum absolute atomic E-state index is 0.187. The van der Waals surface area contributed by atoms with Crippen molar-refractivity contribution in [3.05, 3.63) is 130 Å². The van der Waals surface area contributed by atoms with E-state index in [1.807, 2.05) is 147 Å². The lowest BCUT2D eigenvalue weighted by Crippen LogP contribution is -2.49. The first-order valence-corrected chi connectivity index (χ1v) is 17.7. The van der Waals surface area contributed by atoms with Crippen LogP contribution in [-0.4, -0.2) is 58.5 Å². The van der Waals surface area contributed by atoms with Crippen molar-refractivity contribution < 1.29 is 37.3 Å². The van der Waals surface area contributed by atoms with E-state index in [1.54, 1.807) is 6.92 Å². The monoisotopic (exact) mass is 694 g/mol. The van der Waals surface area contributed by atoms with Gasteiger partial charge in [-0.05, 0) is 64.7 Å². The van der Waals surface area contributed by atoms with Gasteiger partial charge in [0.05, 0.1) is 12.2 Å². The van der Waals surface area contributed by atoms with Gasteiger partial charge in [-0.2, -0.15) is 8.42 Å². The Hall–Kier alpha value is -3.44. The summed E-state index contributed by atoms with van der Waals surface area (Å²) in [5.41, 5.74) is 5.52. The Morgan fingerprint density at radius 2 is 1.10 bits per heavy atom. The summed E-state index contributed by atoms with van der Waals surface area (Å²) in [6, 6.07) is 0. The van der Waals surface area contributed by atoms with Crippen molar-refractivity contribution in [2.24, 2.45) is 10.8 Å². The maximum Gasteiger partial charge on any atom is 0.397 e. The number of aliphatic hydroxyl groups excluding tert-OH is 3. The highest BCUT2D eigenvalue weighted by Crippen LogP contribution is 2.43. The van der Waals surface area contributed by atoms with E-state index in [9.17, 15) is 28.5 Å². The van der Waals surface area contributed by atoms with Gasteiger partial charge in [-0.15, -0.1) is 0 Å². The smallest absolute Gasteiger partial charge is 0.389 e. The molecule has 49 heavy (non-hydrogen) atoms. The summed E-state index contributed by atoms with van der Waals surface area (Å²) in [6.45, 7) is 18.8. The van der Waals surface area contributed by atoms with Crippen LogP contribution in [0.3, 0.4) is 0 Å². The summed E-state index contributed by atoms with van der Waals surface area (Å²) < 4.78 is 36.2. The molecule has 0 aromatic carbocycles. The molecular weight excluding hydrogens is 640 g/mol. The van der Waals surface area contributed by atoms with Gasteiger partial charge in [0.25, 0.3) is 0 Å². The van der Waals surface area contributed by atoms with Crippen molar-refractivity contribution in [3.8, 4) is 0 Å². The van der Waals surface area contributed by atoms with Crippen molar-refractivity contribution in [2.75, 3.05) is 0 Å². The van der Waals surface area contributed by atoms with E-state index in [4.69, 9.17) is 8.74 Å². The van der Waals surface area contributed by atoms with Crippen LogP contribution in [0.5, 0.6) is 0 Å². The van der Waals surface area contributed by atoms with Crippen LogP contribution in [-0.2, 0) is 19.4 Å². The zero-order valence-electron chi connectivity index (χ0n) is 30.4. The molecule has 4 atom stereocenters. The molecule has 268 valence electrons. The molecule has 0 radical (unpaired) electrons. The van der Waals surface area contributed by atoms with Crippen LogP contribution in [0.2, 0.25) is 0 Å². The van der Waals surface area contributed by atoms with Gasteiger partial charge in [0, 0.05) is 10.8 Å². The van der Waals surface area contributed by atoms with Crippen molar-refractivity contribution >= 4 is 16.2 Å². The fraction of sp³-hybridized carbons (Fsp3) is 0.425. The van der Waals surface area contributed by atoms with Crippen LogP contribution < -0.4 is 0 Å².